The number of fused-ring (bicyclic) bond motifs is 1. The zero-order valence-corrected chi connectivity index (χ0v) is 19.4. The number of likely N-dealkylation sites (N-methyl/N-ethyl adjacent to an activating group) is 1. The average Bonchev–Trinajstić information content (AvgIpc) is 3.27. The highest BCUT2D eigenvalue weighted by molar-refractivity contribution is 5.63. The Labute approximate surface area is 192 Å². The van der Waals surface area contributed by atoms with E-state index in [-0.39, 0.29) is 0 Å². The quantitative estimate of drug-likeness (QED) is 0.660. The SMILES string of the molecule is CCN1CCN(c2ccc(-c3ncc4c(n3)N(CCCN3CCOCC3)CC4)cc2)CC1. The van der Waals surface area contributed by atoms with E-state index in [0.29, 0.717) is 0 Å². The maximum absolute atomic E-state index is 5.46. The van der Waals surface area contributed by atoms with Crippen molar-refractivity contribution in [2.45, 2.75) is 19.8 Å². The molecule has 7 heteroatoms. The van der Waals surface area contributed by atoms with Crippen LogP contribution >= 0.6 is 0 Å². The number of ether oxygens (including phenoxy) is 1. The summed E-state index contributed by atoms with van der Waals surface area (Å²) >= 11 is 0. The molecule has 5 rings (SSSR count). The molecule has 3 aliphatic heterocycles. The number of nitrogens with zero attached hydrogens (tertiary/aromatic N) is 6. The maximum Gasteiger partial charge on any atom is 0.161 e. The summed E-state index contributed by atoms with van der Waals surface area (Å²) < 4.78 is 5.46. The summed E-state index contributed by atoms with van der Waals surface area (Å²) in [4.78, 5) is 19.6. The number of hydrogen-bond donors (Lipinski definition) is 0. The van der Waals surface area contributed by atoms with E-state index in [1.165, 1.54) is 17.7 Å². The Kier molecular flexibility index (Phi) is 6.86. The normalized spacial score (nSPS) is 20.0. The van der Waals surface area contributed by atoms with Crippen LogP contribution in [-0.2, 0) is 11.2 Å². The minimum absolute atomic E-state index is 0.839. The number of rotatable bonds is 7. The van der Waals surface area contributed by atoms with E-state index in [2.05, 4.69) is 50.8 Å². The molecule has 0 N–H and O–H groups in total. The third kappa shape index (κ3) is 4.90. The van der Waals surface area contributed by atoms with Crippen molar-refractivity contribution in [1.82, 2.24) is 19.8 Å². The van der Waals surface area contributed by atoms with Crippen LogP contribution in [0.15, 0.2) is 30.5 Å². The van der Waals surface area contributed by atoms with Crippen molar-refractivity contribution < 1.29 is 4.74 Å². The molecule has 4 heterocycles. The van der Waals surface area contributed by atoms with Gasteiger partial charge in [0.25, 0.3) is 0 Å². The van der Waals surface area contributed by atoms with Crippen LogP contribution < -0.4 is 9.80 Å². The van der Waals surface area contributed by atoms with Gasteiger partial charge in [-0.3, -0.25) is 4.90 Å². The Morgan fingerprint density at radius 2 is 1.66 bits per heavy atom. The Bertz CT molecular complexity index is 875. The molecule has 172 valence electrons. The van der Waals surface area contributed by atoms with E-state index in [9.17, 15) is 0 Å². The second-order valence-corrected chi connectivity index (χ2v) is 9.06. The van der Waals surface area contributed by atoms with E-state index in [1.807, 2.05) is 6.20 Å². The van der Waals surface area contributed by atoms with E-state index < -0.39 is 0 Å². The van der Waals surface area contributed by atoms with Crippen LogP contribution in [0, 0.1) is 0 Å². The molecule has 0 atom stereocenters. The molecule has 2 aromatic rings. The van der Waals surface area contributed by atoms with Gasteiger partial charge in [0, 0.05) is 81.9 Å². The number of piperazine rings is 1. The van der Waals surface area contributed by atoms with Crippen LogP contribution in [0.25, 0.3) is 11.4 Å². The van der Waals surface area contributed by atoms with Gasteiger partial charge in [-0.15, -0.1) is 0 Å². The third-order valence-electron chi connectivity index (χ3n) is 7.11. The molecule has 2 saturated heterocycles. The van der Waals surface area contributed by atoms with Crippen LogP contribution in [-0.4, -0.2) is 98.4 Å². The highest BCUT2D eigenvalue weighted by Gasteiger charge is 2.22. The molecule has 0 radical (unpaired) electrons. The smallest absolute Gasteiger partial charge is 0.161 e. The Morgan fingerprint density at radius 1 is 0.875 bits per heavy atom. The molecule has 0 bridgehead atoms. The van der Waals surface area contributed by atoms with Crippen LogP contribution in [0.4, 0.5) is 11.5 Å². The van der Waals surface area contributed by atoms with Gasteiger partial charge in [0.05, 0.1) is 13.2 Å². The van der Waals surface area contributed by atoms with Crippen LogP contribution in [0.2, 0.25) is 0 Å². The van der Waals surface area contributed by atoms with Gasteiger partial charge < -0.3 is 19.4 Å². The molecule has 1 aromatic carbocycles. The molecule has 0 unspecified atom stereocenters. The first-order valence-electron chi connectivity index (χ1n) is 12.3. The molecule has 7 nitrogen and oxygen atoms in total. The molecule has 32 heavy (non-hydrogen) atoms. The lowest BCUT2D eigenvalue weighted by Gasteiger charge is -2.35. The van der Waals surface area contributed by atoms with E-state index in [4.69, 9.17) is 14.7 Å². The number of benzene rings is 1. The van der Waals surface area contributed by atoms with Crippen molar-refractivity contribution in [2.75, 3.05) is 88.5 Å². The van der Waals surface area contributed by atoms with Crippen molar-refractivity contribution in [2.24, 2.45) is 0 Å². The summed E-state index contributed by atoms with van der Waals surface area (Å²) in [5.74, 6) is 1.97. The van der Waals surface area contributed by atoms with Crippen molar-refractivity contribution in [3.8, 4) is 11.4 Å². The van der Waals surface area contributed by atoms with E-state index in [0.717, 1.165) is 102 Å². The van der Waals surface area contributed by atoms with Gasteiger partial charge in [0.15, 0.2) is 5.82 Å². The second kappa shape index (κ2) is 10.1. The lowest BCUT2D eigenvalue weighted by Crippen LogP contribution is -2.46. The van der Waals surface area contributed by atoms with Crippen molar-refractivity contribution in [3.63, 3.8) is 0 Å². The molecule has 0 spiro atoms. The largest absolute Gasteiger partial charge is 0.379 e. The predicted molar refractivity (Wildman–Crippen MR) is 130 cm³/mol. The first-order chi connectivity index (χ1) is 15.8. The fourth-order valence-corrected chi connectivity index (χ4v) is 5.02. The fraction of sp³-hybridized carbons (Fsp3) is 0.600. The summed E-state index contributed by atoms with van der Waals surface area (Å²) in [6.07, 6.45) is 4.26. The first kappa shape index (κ1) is 21.6. The van der Waals surface area contributed by atoms with Crippen molar-refractivity contribution >= 4 is 11.5 Å². The zero-order chi connectivity index (χ0) is 21.8. The number of aromatic nitrogens is 2. The van der Waals surface area contributed by atoms with E-state index in [1.54, 1.807) is 0 Å². The van der Waals surface area contributed by atoms with Crippen molar-refractivity contribution in [1.29, 1.82) is 0 Å². The highest BCUT2D eigenvalue weighted by atomic mass is 16.5. The average molecular weight is 437 g/mol. The second-order valence-electron chi connectivity index (χ2n) is 9.06. The summed E-state index contributed by atoms with van der Waals surface area (Å²) in [5, 5.41) is 0. The first-order valence-corrected chi connectivity index (χ1v) is 12.3. The number of anilines is 2. The summed E-state index contributed by atoms with van der Waals surface area (Å²) in [5.41, 5.74) is 3.69. The van der Waals surface area contributed by atoms with Gasteiger partial charge in [-0.2, -0.15) is 0 Å². The minimum Gasteiger partial charge on any atom is -0.379 e. The molecule has 3 aliphatic rings. The van der Waals surface area contributed by atoms with Crippen molar-refractivity contribution in [3.05, 3.63) is 36.0 Å². The Hall–Kier alpha value is -2.22. The molecular weight excluding hydrogens is 400 g/mol. The summed E-state index contributed by atoms with van der Waals surface area (Å²) in [6.45, 7) is 15.0. The molecule has 0 amide bonds. The maximum atomic E-state index is 5.46. The van der Waals surface area contributed by atoms with Crippen LogP contribution in [0.5, 0.6) is 0 Å². The Balaban J connectivity index is 1.21. The van der Waals surface area contributed by atoms with Crippen LogP contribution in [0.3, 0.4) is 0 Å². The van der Waals surface area contributed by atoms with Gasteiger partial charge in [-0.05, 0) is 43.7 Å². The monoisotopic (exact) mass is 436 g/mol. The topological polar surface area (TPSA) is 48.0 Å². The number of morpholine rings is 1. The minimum atomic E-state index is 0.839. The predicted octanol–water partition coefficient (Wildman–Crippen LogP) is 2.37. The molecular formula is C25H36N6O. The molecule has 2 fully saturated rings. The fourth-order valence-electron chi connectivity index (χ4n) is 5.02. The Morgan fingerprint density at radius 3 is 2.41 bits per heavy atom. The van der Waals surface area contributed by atoms with E-state index >= 15 is 0 Å². The summed E-state index contributed by atoms with van der Waals surface area (Å²) in [6, 6.07) is 8.82. The molecule has 0 aliphatic carbocycles. The summed E-state index contributed by atoms with van der Waals surface area (Å²) in [7, 11) is 0. The van der Waals surface area contributed by atoms with Crippen LogP contribution in [0.1, 0.15) is 18.9 Å². The molecule has 1 aromatic heterocycles. The van der Waals surface area contributed by atoms with Gasteiger partial charge in [0.2, 0.25) is 0 Å². The zero-order valence-electron chi connectivity index (χ0n) is 19.4. The lowest BCUT2D eigenvalue weighted by molar-refractivity contribution is 0.0376. The van der Waals surface area contributed by atoms with Gasteiger partial charge >= 0.3 is 0 Å². The lowest BCUT2D eigenvalue weighted by atomic mass is 10.1. The third-order valence-corrected chi connectivity index (χ3v) is 7.11. The number of hydrogen-bond acceptors (Lipinski definition) is 7. The highest BCUT2D eigenvalue weighted by Crippen LogP contribution is 2.29. The van der Waals surface area contributed by atoms with Gasteiger partial charge in [-0.25, -0.2) is 9.97 Å². The standard InChI is InChI=1S/C25H36N6O/c1-2-28-12-14-30(15-13-28)23-6-4-21(5-7-23)24-26-20-22-8-11-31(25(22)27-24)10-3-9-29-16-18-32-19-17-29/h4-7,20H,2-3,8-19H2,1H3. The molecule has 0 saturated carbocycles. The van der Waals surface area contributed by atoms with Gasteiger partial charge in [0.1, 0.15) is 5.82 Å². The van der Waals surface area contributed by atoms with Gasteiger partial charge in [-0.1, -0.05) is 6.92 Å².